The van der Waals surface area contributed by atoms with Crippen LogP contribution < -0.4 is 14.8 Å². The second-order valence-electron chi connectivity index (χ2n) is 7.03. The lowest BCUT2D eigenvalue weighted by Gasteiger charge is -2.25. The minimum atomic E-state index is -1.11. The molecule has 7 heteroatoms. The van der Waals surface area contributed by atoms with Crippen molar-refractivity contribution in [2.45, 2.75) is 24.3 Å². The van der Waals surface area contributed by atoms with Crippen molar-refractivity contribution in [1.29, 1.82) is 0 Å². The number of hydrogen-bond acceptors (Lipinski definition) is 5. The number of ether oxygens (including phenoxy) is 2. The molecule has 0 saturated carbocycles. The molecule has 2 heterocycles. The van der Waals surface area contributed by atoms with E-state index < -0.39 is 5.54 Å². The minimum Gasteiger partial charge on any atom is -0.486 e. The van der Waals surface area contributed by atoms with Crippen LogP contribution in [0.5, 0.6) is 11.5 Å². The second kappa shape index (κ2) is 7.39. The predicted octanol–water partition coefficient (Wildman–Crippen LogP) is 3.33. The van der Waals surface area contributed by atoms with Gasteiger partial charge < -0.3 is 14.8 Å². The lowest BCUT2D eigenvalue weighted by Crippen LogP contribution is -2.41. The number of thioether (sulfide) groups is 1. The summed E-state index contributed by atoms with van der Waals surface area (Å²) >= 11 is 1.62. The van der Waals surface area contributed by atoms with Crippen LogP contribution in [0.2, 0.25) is 0 Å². The fourth-order valence-electron chi connectivity index (χ4n) is 3.34. The molecule has 146 valence electrons. The molecular formula is C21H22N2O4S. The van der Waals surface area contributed by atoms with Crippen molar-refractivity contribution in [2.24, 2.45) is 0 Å². The van der Waals surface area contributed by atoms with E-state index in [4.69, 9.17) is 9.47 Å². The molecule has 0 unspecified atom stereocenters. The number of rotatable bonds is 5. The molecule has 0 radical (unpaired) electrons. The summed E-state index contributed by atoms with van der Waals surface area (Å²) in [5.74, 6) is 1.64. The molecule has 0 aromatic heterocycles. The van der Waals surface area contributed by atoms with Gasteiger partial charge in [0.05, 0.1) is 0 Å². The monoisotopic (exact) mass is 398 g/mol. The molecule has 0 aliphatic carbocycles. The zero-order valence-corrected chi connectivity index (χ0v) is 16.7. The summed E-state index contributed by atoms with van der Waals surface area (Å²) in [7, 11) is 0. The van der Waals surface area contributed by atoms with Gasteiger partial charge in [0.1, 0.15) is 18.8 Å². The number of benzene rings is 2. The standard InChI is InChI=1S/C21H22N2O4S/c1-14-3-6-16(7-4-14)28-12-9-23-19(24)21(2,22-20(23)25)15-5-8-17-18(13-15)27-11-10-26-17/h3-8,13H,9-12H2,1-2H3,(H,22,25)/t21-/m0/s1. The van der Waals surface area contributed by atoms with Gasteiger partial charge in [-0.15, -0.1) is 11.8 Å². The summed E-state index contributed by atoms with van der Waals surface area (Å²) in [6, 6.07) is 13.2. The van der Waals surface area contributed by atoms with Gasteiger partial charge >= 0.3 is 6.03 Å². The topological polar surface area (TPSA) is 67.9 Å². The Hall–Kier alpha value is -2.67. The van der Waals surface area contributed by atoms with Gasteiger partial charge in [0.2, 0.25) is 0 Å². The van der Waals surface area contributed by atoms with E-state index in [1.807, 2.05) is 19.1 Å². The number of nitrogens with one attached hydrogen (secondary N) is 1. The van der Waals surface area contributed by atoms with Gasteiger partial charge in [0, 0.05) is 17.2 Å². The fourth-order valence-corrected chi connectivity index (χ4v) is 4.18. The Kier molecular flexibility index (Phi) is 4.93. The number of amides is 3. The number of imide groups is 1. The van der Waals surface area contributed by atoms with Crippen molar-refractivity contribution in [3.63, 3.8) is 0 Å². The van der Waals surface area contributed by atoms with Crippen LogP contribution in [0, 0.1) is 6.92 Å². The zero-order chi connectivity index (χ0) is 19.7. The van der Waals surface area contributed by atoms with E-state index >= 15 is 0 Å². The first-order chi connectivity index (χ1) is 13.5. The maximum Gasteiger partial charge on any atom is 0.325 e. The Morgan fingerprint density at radius 2 is 1.79 bits per heavy atom. The van der Waals surface area contributed by atoms with Gasteiger partial charge in [-0.05, 0) is 43.7 Å². The first-order valence-corrected chi connectivity index (χ1v) is 10.2. The van der Waals surface area contributed by atoms with Crippen LogP contribution in [0.25, 0.3) is 0 Å². The summed E-state index contributed by atoms with van der Waals surface area (Å²) in [5.41, 5.74) is 0.777. The largest absolute Gasteiger partial charge is 0.486 e. The Bertz CT molecular complexity index is 915. The molecule has 0 bridgehead atoms. The fraction of sp³-hybridized carbons (Fsp3) is 0.333. The van der Waals surface area contributed by atoms with Crippen molar-refractivity contribution in [2.75, 3.05) is 25.5 Å². The van der Waals surface area contributed by atoms with E-state index in [2.05, 4.69) is 17.4 Å². The van der Waals surface area contributed by atoms with Gasteiger partial charge in [-0.2, -0.15) is 0 Å². The van der Waals surface area contributed by atoms with Crippen LogP contribution in [0.1, 0.15) is 18.1 Å². The number of carbonyl (C=O) groups is 2. The van der Waals surface area contributed by atoms with Crippen molar-refractivity contribution >= 4 is 23.7 Å². The molecule has 2 aliphatic heterocycles. The van der Waals surface area contributed by atoms with Gasteiger partial charge in [0.25, 0.3) is 5.91 Å². The van der Waals surface area contributed by atoms with Crippen molar-refractivity contribution in [3.05, 3.63) is 53.6 Å². The van der Waals surface area contributed by atoms with E-state index in [0.717, 1.165) is 4.90 Å². The van der Waals surface area contributed by atoms with Crippen molar-refractivity contribution < 1.29 is 19.1 Å². The molecule has 1 fully saturated rings. The highest BCUT2D eigenvalue weighted by molar-refractivity contribution is 7.99. The Balaban J connectivity index is 1.46. The zero-order valence-electron chi connectivity index (χ0n) is 15.9. The highest BCUT2D eigenvalue weighted by atomic mass is 32.2. The molecule has 6 nitrogen and oxygen atoms in total. The first kappa shape index (κ1) is 18.7. The maximum absolute atomic E-state index is 13.1. The normalized spacial score (nSPS) is 21.0. The second-order valence-corrected chi connectivity index (χ2v) is 8.20. The van der Waals surface area contributed by atoms with Gasteiger partial charge in [-0.25, -0.2) is 4.79 Å². The smallest absolute Gasteiger partial charge is 0.325 e. The third kappa shape index (κ3) is 3.42. The lowest BCUT2D eigenvalue weighted by molar-refractivity contribution is -0.130. The summed E-state index contributed by atoms with van der Waals surface area (Å²) in [4.78, 5) is 27.9. The molecule has 3 amide bonds. The number of nitrogens with zero attached hydrogens (tertiary/aromatic N) is 1. The lowest BCUT2D eigenvalue weighted by atomic mass is 9.91. The molecular weight excluding hydrogens is 376 g/mol. The predicted molar refractivity (Wildman–Crippen MR) is 107 cm³/mol. The van der Waals surface area contributed by atoms with Gasteiger partial charge in [-0.1, -0.05) is 23.8 Å². The summed E-state index contributed by atoms with van der Waals surface area (Å²) in [6.45, 7) is 5.09. The Labute approximate surface area is 168 Å². The van der Waals surface area contributed by atoms with Gasteiger partial charge in [-0.3, -0.25) is 9.69 Å². The number of hydrogen-bond donors (Lipinski definition) is 1. The third-order valence-corrected chi connectivity index (χ3v) is 5.99. The molecule has 2 aliphatic rings. The molecule has 1 N–H and O–H groups in total. The molecule has 2 aromatic rings. The minimum absolute atomic E-state index is 0.251. The number of urea groups is 1. The molecule has 0 spiro atoms. The number of carbonyl (C=O) groups excluding carboxylic acids is 2. The number of fused-ring (bicyclic) bond motifs is 1. The average Bonchev–Trinajstić information content (AvgIpc) is 2.93. The quantitative estimate of drug-likeness (QED) is 0.618. The van der Waals surface area contributed by atoms with Crippen LogP contribution in [0.3, 0.4) is 0 Å². The summed E-state index contributed by atoms with van der Waals surface area (Å²) in [5, 5.41) is 2.84. The molecule has 2 aromatic carbocycles. The van der Waals surface area contributed by atoms with E-state index in [1.165, 1.54) is 10.5 Å². The highest BCUT2D eigenvalue weighted by Gasteiger charge is 2.49. The molecule has 1 atom stereocenters. The molecule has 4 rings (SSSR count). The van der Waals surface area contributed by atoms with Crippen molar-refractivity contribution in [3.8, 4) is 11.5 Å². The first-order valence-electron chi connectivity index (χ1n) is 9.21. The highest BCUT2D eigenvalue weighted by Crippen LogP contribution is 2.37. The molecule has 28 heavy (non-hydrogen) atoms. The van der Waals surface area contributed by atoms with Crippen LogP contribution >= 0.6 is 11.8 Å². The van der Waals surface area contributed by atoms with E-state index in [9.17, 15) is 9.59 Å². The van der Waals surface area contributed by atoms with Crippen molar-refractivity contribution in [1.82, 2.24) is 10.2 Å². The maximum atomic E-state index is 13.1. The number of aryl methyl sites for hydroxylation is 1. The average molecular weight is 398 g/mol. The van der Waals surface area contributed by atoms with Crippen LogP contribution in [0.4, 0.5) is 4.79 Å². The summed E-state index contributed by atoms with van der Waals surface area (Å²) < 4.78 is 11.1. The van der Waals surface area contributed by atoms with E-state index in [1.54, 1.807) is 36.9 Å². The third-order valence-electron chi connectivity index (χ3n) is 5.00. The summed E-state index contributed by atoms with van der Waals surface area (Å²) in [6.07, 6.45) is 0. The Morgan fingerprint density at radius 1 is 1.07 bits per heavy atom. The van der Waals surface area contributed by atoms with Gasteiger partial charge in [0.15, 0.2) is 11.5 Å². The van der Waals surface area contributed by atoms with Crippen LogP contribution in [-0.2, 0) is 10.3 Å². The van der Waals surface area contributed by atoms with Crippen LogP contribution in [-0.4, -0.2) is 42.3 Å². The van der Waals surface area contributed by atoms with E-state index in [0.29, 0.717) is 42.6 Å². The molecule has 1 saturated heterocycles. The SMILES string of the molecule is Cc1ccc(SCCN2C(=O)N[C@@](C)(c3ccc4c(c3)OCCO4)C2=O)cc1. The van der Waals surface area contributed by atoms with E-state index in [-0.39, 0.29) is 11.9 Å². The van der Waals surface area contributed by atoms with Crippen LogP contribution in [0.15, 0.2) is 47.4 Å². The Morgan fingerprint density at radius 3 is 2.54 bits per heavy atom.